The number of hydrogen-bond acceptors (Lipinski definition) is 4. The summed E-state index contributed by atoms with van der Waals surface area (Å²) in [5.74, 6) is 0. The zero-order chi connectivity index (χ0) is 14.4. The molecular weight excluding hydrogens is 256 g/mol. The molecule has 0 aliphatic carbocycles. The maximum atomic E-state index is 6.24. The first-order chi connectivity index (χ1) is 9.71. The van der Waals surface area contributed by atoms with Gasteiger partial charge in [-0.2, -0.15) is 0 Å². The lowest BCUT2D eigenvalue weighted by Crippen LogP contribution is -2.34. The summed E-state index contributed by atoms with van der Waals surface area (Å²) in [7, 11) is 0. The van der Waals surface area contributed by atoms with Gasteiger partial charge in [-0.25, -0.2) is 0 Å². The van der Waals surface area contributed by atoms with Gasteiger partial charge in [-0.3, -0.25) is 0 Å². The highest BCUT2D eigenvalue weighted by atomic mass is 16.6. The summed E-state index contributed by atoms with van der Waals surface area (Å²) in [6.07, 6.45) is 6.22. The Kier molecular flexibility index (Phi) is 6.27. The van der Waals surface area contributed by atoms with E-state index < -0.39 is 0 Å². The minimum Gasteiger partial charge on any atom is -0.375 e. The van der Waals surface area contributed by atoms with Gasteiger partial charge < -0.3 is 18.9 Å². The van der Waals surface area contributed by atoms with Crippen LogP contribution in [-0.4, -0.2) is 50.3 Å². The van der Waals surface area contributed by atoms with Gasteiger partial charge in [0, 0.05) is 13.0 Å². The smallest absolute Gasteiger partial charge is 0.104 e. The lowest BCUT2D eigenvalue weighted by atomic mass is 9.91. The zero-order valence-electron chi connectivity index (χ0n) is 13.2. The molecule has 0 spiro atoms. The molecule has 2 rings (SSSR count). The van der Waals surface area contributed by atoms with Crippen molar-refractivity contribution in [2.45, 2.75) is 76.8 Å². The Morgan fingerprint density at radius 3 is 2.25 bits per heavy atom. The number of ether oxygens (including phenoxy) is 4. The fourth-order valence-electron chi connectivity index (χ4n) is 2.62. The first kappa shape index (κ1) is 16.2. The van der Waals surface area contributed by atoms with Crippen molar-refractivity contribution in [1.82, 2.24) is 0 Å². The van der Waals surface area contributed by atoms with Crippen LogP contribution >= 0.6 is 0 Å². The Morgan fingerprint density at radius 2 is 1.75 bits per heavy atom. The first-order valence-corrected chi connectivity index (χ1v) is 8.20. The second-order valence-electron chi connectivity index (χ2n) is 6.01. The molecule has 118 valence electrons. The average Bonchev–Trinajstić information content (AvgIpc) is 3.36. The van der Waals surface area contributed by atoms with Crippen LogP contribution in [0.4, 0.5) is 0 Å². The zero-order valence-corrected chi connectivity index (χ0v) is 13.2. The molecule has 0 amide bonds. The Hall–Kier alpha value is -0.160. The minimum atomic E-state index is -0.000931. The van der Waals surface area contributed by atoms with E-state index in [1.807, 2.05) is 0 Å². The van der Waals surface area contributed by atoms with E-state index in [2.05, 4.69) is 20.8 Å². The van der Waals surface area contributed by atoms with Crippen molar-refractivity contribution in [2.75, 3.05) is 26.4 Å². The van der Waals surface area contributed by atoms with Crippen LogP contribution in [-0.2, 0) is 18.9 Å². The summed E-state index contributed by atoms with van der Waals surface area (Å²) < 4.78 is 22.7. The molecule has 0 radical (unpaired) electrons. The third-order valence-corrected chi connectivity index (χ3v) is 4.51. The molecule has 0 aromatic rings. The second-order valence-corrected chi connectivity index (χ2v) is 6.01. The van der Waals surface area contributed by atoms with E-state index in [1.54, 1.807) is 0 Å². The van der Waals surface area contributed by atoms with Crippen LogP contribution < -0.4 is 0 Å². The van der Waals surface area contributed by atoms with Crippen LogP contribution in [0.2, 0.25) is 0 Å². The Morgan fingerprint density at radius 1 is 1.10 bits per heavy atom. The van der Waals surface area contributed by atoms with Crippen LogP contribution in [0.3, 0.4) is 0 Å². The first-order valence-electron chi connectivity index (χ1n) is 8.20. The Labute approximate surface area is 123 Å². The van der Waals surface area contributed by atoms with Crippen LogP contribution in [0.25, 0.3) is 0 Å². The van der Waals surface area contributed by atoms with Gasteiger partial charge in [0.25, 0.3) is 0 Å². The number of hydrogen-bond donors (Lipinski definition) is 0. The second kappa shape index (κ2) is 7.74. The predicted octanol–water partition coefficient (Wildman–Crippen LogP) is 2.93. The molecule has 0 aromatic carbocycles. The summed E-state index contributed by atoms with van der Waals surface area (Å²) in [5.41, 5.74) is -0.000931. The maximum Gasteiger partial charge on any atom is 0.104 e. The Bertz CT molecular complexity index is 270. The van der Waals surface area contributed by atoms with Crippen molar-refractivity contribution >= 4 is 0 Å². The maximum absolute atomic E-state index is 6.24. The van der Waals surface area contributed by atoms with Crippen molar-refractivity contribution in [1.29, 1.82) is 0 Å². The molecule has 3 unspecified atom stereocenters. The molecule has 0 N–H and O–H groups in total. The van der Waals surface area contributed by atoms with Crippen molar-refractivity contribution in [3.8, 4) is 0 Å². The number of epoxide rings is 2. The molecule has 4 nitrogen and oxygen atoms in total. The van der Waals surface area contributed by atoms with E-state index in [-0.39, 0.29) is 5.60 Å². The van der Waals surface area contributed by atoms with Crippen molar-refractivity contribution in [3.63, 3.8) is 0 Å². The van der Waals surface area contributed by atoms with Gasteiger partial charge in [-0.05, 0) is 25.7 Å². The monoisotopic (exact) mass is 286 g/mol. The molecular formula is C16H30O4. The highest BCUT2D eigenvalue weighted by Crippen LogP contribution is 2.32. The van der Waals surface area contributed by atoms with Crippen LogP contribution in [0.5, 0.6) is 0 Å². The van der Waals surface area contributed by atoms with Gasteiger partial charge in [0.05, 0.1) is 37.6 Å². The molecule has 2 fully saturated rings. The van der Waals surface area contributed by atoms with Gasteiger partial charge in [-0.1, -0.05) is 20.8 Å². The van der Waals surface area contributed by atoms with E-state index in [0.29, 0.717) is 18.3 Å². The predicted molar refractivity (Wildman–Crippen MR) is 78.0 cm³/mol. The molecule has 2 aliphatic heterocycles. The fourth-order valence-corrected chi connectivity index (χ4v) is 2.62. The molecule has 0 saturated carbocycles. The summed E-state index contributed by atoms with van der Waals surface area (Å²) in [4.78, 5) is 0. The summed E-state index contributed by atoms with van der Waals surface area (Å²) in [6.45, 7) is 9.88. The minimum absolute atomic E-state index is 0.000931. The molecule has 2 aliphatic rings. The topological polar surface area (TPSA) is 43.5 Å². The van der Waals surface area contributed by atoms with E-state index >= 15 is 0 Å². The van der Waals surface area contributed by atoms with Gasteiger partial charge in [-0.15, -0.1) is 0 Å². The van der Waals surface area contributed by atoms with Gasteiger partial charge in [0.15, 0.2) is 0 Å². The third kappa shape index (κ3) is 5.32. The molecule has 3 atom stereocenters. The van der Waals surface area contributed by atoms with Crippen molar-refractivity contribution in [3.05, 3.63) is 0 Å². The largest absolute Gasteiger partial charge is 0.375 e. The molecule has 2 heterocycles. The third-order valence-electron chi connectivity index (χ3n) is 4.51. The normalized spacial score (nSPS) is 26.6. The van der Waals surface area contributed by atoms with E-state index in [1.165, 1.54) is 0 Å². The van der Waals surface area contributed by atoms with Gasteiger partial charge in [0.1, 0.15) is 6.10 Å². The van der Waals surface area contributed by atoms with Crippen molar-refractivity contribution in [2.24, 2.45) is 0 Å². The lowest BCUT2D eigenvalue weighted by Gasteiger charge is -2.32. The SMILES string of the molecule is CCC(CCOC(CC)(CC)CC1CO1)OCC1CO1. The molecule has 0 aromatic heterocycles. The highest BCUT2D eigenvalue weighted by molar-refractivity contribution is 4.86. The van der Waals surface area contributed by atoms with Crippen molar-refractivity contribution < 1.29 is 18.9 Å². The van der Waals surface area contributed by atoms with E-state index in [4.69, 9.17) is 18.9 Å². The molecule has 0 bridgehead atoms. The summed E-state index contributed by atoms with van der Waals surface area (Å²) in [6, 6.07) is 0. The summed E-state index contributed by atoms with van der Waals surface area (Å²) in [5, 5.41) is 0. The highest BCUT2D eigenvalue weighted by Gasteiger charge is 2.36. The fraction of sp³-hybridized carbons (Fsp3) is 1.00. The average molecular weight is 286 g/mol. The Balaban J connectivity index is 1.66. The van der Waals surface area contributed by atoms with Crippen LogP contribution in [0.15, 0.2) is 0 Å². The molecule has 4 heteroatoms. The summed E-state index contributed by atoms with van der Waals surface area (Å²) >= 11 is 0. The molecule has 20 heavy (non-hydrogen) atoms. The number of rotatable bonds is 12. The van der Waals surface area contributed by atoms with Crippen LogP contribution in [0, 0.1) is 0 Å². The standard InChI is InChI=1S/C16H30O4/c1-4-13(17-11-15-12-19-15)7-8-20-16(5-2,6-3)9-14-10-18-14/h13-15H,4-12H2,1-3H3. The molecule has 2 saturated heterocycles. The van der Waals surface area contributed by atoms with Gasteiger partial charge in [0.2, 0.25) is 0 Å². The lowest BCUT2D eigenvalue weighted by molar-refractivity contribution is -0.0770. The van der Waals surface area contributed by atoms with Gasteiger partial charge >= 0.3 is 0 Å². The van der Waals surface area contributed by atoms with E-state index in [9.17, 15) is 0 Å². The van der Waals surface area contributed by atoms with Crippen LogP contribution in [0.1, 0.15) is 52.9 Å². The quantitative estimate of drug-likeness (QED) is 0.517. The van der Waals surface area contributed by atoms with E-state index in [0.717, 1.165) is 58.5 Å².